The van der Waals surface area contributed by atoms with E-state index in [0.29, 0.717) is 0 Å². The van der Waals surface area contributed by atoms with E-state index in [2.05, 4.69) is 4.52 Å². The lowest BCUT2D eigenvalue weighted by Crippen LogP contribution is -2.21. The molecule has 0 aliphatic heterocycles. The highest BCUT2D eigenvalue weighted by Crippen LogP contribution is 2.38. The average molecular weight is 168 g/mol. The van der Waals surface area contributed by atoms with Gasteiger partial charge in [-0.1, -0.05) is 0 Å². The summed E-state index contributed by atoms with van der Waals surface area (Å²) in [6, 6.07) is 0. The zero-order chi connectivity index (χ0) is 8.36. The SMILES string of the molecule is CC(O)C(C)OP(C)(=O)O. The van der Waals surface area contributed by atoms with Crippen LogP contribution in [0.1, 0.15) is 13.8 Å². The summed E-state index contributed by atoms with van der Waals surface area (Å²) in [6.45, 7) is 4.13. The molecule has 0 saturated carbocycles. The molecule has 2 N–H and O–H groups in total. The van der Waals surface area contributed by atoms with E-state index in [1.165, 1.54) is 13.8 Å². The van der Waals surface area contributed by atoms with E-state index in [0.717, 1.165) is 6.66 Å². The Morgan fingerprint density at radius 3 is 2.00 bits per heavy atom. The van der Waals surface area contributed by atoms with E-state index in [1.807, 2.05) is 0 Å². The molecule has 0 amide bonds. The van der Waals surface area contributed by atoms with Crippen LogP contribution in [0, 0.1) is 0 Å². The molecule has 0 fully saturated rings. The van der Waals surface area contributed by atoms with Crippen LogP contribution < -0.4 is 0 Å². The molecule has 3 unspecified atom stereocenters. The lowest BCUT2D eigenvalue weighted by molar-refractivity contribution is 0.0536. The number of hydrogen-bond donors (Lipinski definition) is 2. The zero-order valence-electron chi connectivity index (χ0n) is 6.31. The quantitative estimate of drug-likeness (QED) is 0.605. The molecule has 3 atom stereocenters. The van der Waals surface area contributed by atoms with Gasteiger partial charge >= 0.3 is 7.60 Å². The summed E-state index contributed by atoms with van der Waals surface area (Å²) in [6.07, 6.45) is -1.32. The predicted octanol–water partition coefficient (Wildman–Crippen LogP) is 0.587. The molecule has 10 heavy (non-hydrogen) atoms. The summed E-state index contributed by atoms with van der Waals surface area (Å²) in [7, 11) is -3.44. The van der Waals surface area contributed by atoms with E-state index in [-0.39, 0.29) is 0 Å². The van der Waals surface area contributed by atoms with Crippen LogP contribution in [0.5, 0.6) is 0 Å². The molecule has 0 aliphatic rings. The van der Waals surface area contributed by atoms with Crippen LogP contribution in [0.15, 0.2) is 0 Å². The number of aliphatic hydroxyl groups excluding tert-OH is 1. The van der Waals surface area contributed by atoms with Gasteiger partial charge in [-0.25, -0.2) is 0 Å². The van der Waals surface area contributed by atoms with Crippen molar-refractivity contribution in [2.45, 2.75) is 26.1 Å². The fourth-order valence-corrected chi connectivity index (χ4v) is 1.19. The Labute approximate surface area is 60.4 Å². The van der Waals surface area contributed by atoms with Gasteiger partial charge in [0.25, 0.3) is 0 Å². The molecular formula is C5H13O4P. The number of rotatable bonds is 3. The first-order valence-corrected chi connectivity index (χ1v) is 5.02. The Kier molecular flexibility index (Phi) is 3.52. The molecule has 62 valence electrons. The monoisotopic (exact) mass is 168 g/mol. The normalized spacial score (nSPS) is 23.3. The lowest BCUT2D eigenvalue weighted by Gasteiger charge is -2.16. The minimum Gasteiger partial charge on any atom is -0.391 e. The second-order valence-electron chi connectivity index (χ2n) is 2.35. The van der Waals surface area contributed by atoms with E-state index in [1.54, 1.807) is 0 Å². The molecular weight excluding hydrogens is 155 g/mol. The summed E-state index contributed by atoms with van der Waals surface area (Å²) in [5.41, 5.74) is 0. The van der Waals surface area contributed by atoms with Crippen LogP contribution in [0.4, 0.5) is 0 Å². The molecule has 0 saturated heterocycles. The molecule has 0 aromatic heterocycles. The molecule has 0 spiro atoms. The number of hydrogen-bond acceptors (Lipinski definition) is 3. The molecule has 5 heteroatoms. The molecule has 0 bridgehead atoms. The fraction of sp³-hybridized carbons (Fsp3) is 1.00. The predicted molar refractivity (Wildman–Crippen MR) is 38.0 cm³/mol. The third kappa shape index (κ3) is 4.94. The van der Waals surface area contributed by atoms with Crippen LogP contribution >= 0.6 is 7.60 Å². The molecule has 0 aromatic rings. The van der Waals surface area contributed by atoms with E-state index >= 15 is 0 Å². The van der Waals surface area contributed by atoms with Gasteiger partial charge in [-0.3, -0.25) is 4.57 Å². The molecule has 0 radical (unpaired) electrons. The summed E-state index contributed by atoms with van der Waals surface area (Å²) >= 11 is 0. The lowest BCUT2D eigenvalue weighted by atomic mass is 10.3. The van der Waals surface area contributed by atoms with Crippen LogP contribution in [-0.4, -0.2) is 28.9 Å². The topological polar surface area (TPSA) is 66.8 Å². The Morgan fingerprint density at radius 2 is 1.90 bits per heavy atom. The Morgan fingerprint density at radius 1 is 1.50 bits per heavy atom. The van der Waals surface area contributed by atoms with Gasteiger partial charge in [-0.05, 0) is 13.8 Å². The van der Waals surface area contributed by atoms with Crippen molar-refractivity contribution < 1.29 is 19.1 Å². The van der Waals surface area contributed by atoms with Gasteiger partial charge in [0.15, 0.2) is 0 Å². The van der Waals surface area contributed by atoms with Crippen molar-refractivity contribution in [2.24, 2.45) is 0 Å². The summed E-state index contributed by atoms with van der Waals surface area (Å²) < 4.78 is 15.1. The average Bonchev–Trinajstić information content (AvgIpc) is 1.60. The molecule has 0 rings (SSSR count). The maximum absolute atomic E-state index is 10.6. The van der Waals surface area contributed by atoms with Gasteiger partial charge < -0.3 is 14.5 Å². The van der Waals surface area contributed by atoms with Crippen molar-refractivity contribution in [3.63, 3.8) is 0 Å². The Balaban J connectivity index is 3.80. The highest BCUT2D eigenvalue weighted by molar-refractivity contribution is 7.51. The summed E-state index contributed by atoms with van der Waals surface area (Å²) in [5, 5.41) is 8.83. The largest absolute Gasteiger partial charge is 0.391 e. The molecule has 4 nitrogen and oxygen atoms in total. The highest BCUT2D eigenvalue weighted by Gasteiger charge is 2.18. The first-order chi connectivity index (χ1) is 4.33. The maximum atomic E-state index is 10.6. The van der Waals surface area contributed by atoms with E-state index < -0.39 is 19.8 Å². The third-order valence-corrected chi connectivity index (χ3v) is 1.76. The van der Waals surface area contributed by atoms with Crippen LogP contribution in [0.3, 0.4) is 0 Å². The van der Waals surface area contributed by atoms with Crippen molar-refractivity contribution in [1.29, 1.82) is 0 Å². The minimum atomic E-state index is -3.44. The highest BCUT2D eigenvalue weighted by atomic mass is 31.2. The van der Waals surface area contributed by atoms with Gasteiger partial charge in [0.2, 0.25) is 0 Å². The van der Waals surface area contributed by atoms with Crippen molar-refractivity contribution in [2.75, 3.05) is 6.66 Å². The first-order valence-electron chi connectivity index (χ1n) is 2.99. The van der Waals surface area contributed by atoms with Crippen LogP contribution in [0.25, 0.3) is 0 Å². The van der Waals surface area contributed by atoms with Crippen LogP contribution in [0.2, 0.25) is 0 Å². The minimum absolute atomic E-state index is 0.596. The molecule has 0 aliphatic carbocycles. The second-order valence-corrected chi connectivity index (χ2v) is 4.17. The maximum Gasteiger partial charge on any atom is 0.325 e. The smallest absolute Gasteiger partial charge is 0.325 e. The van der Waals surface area contributed by atoms with Gasteiger partial charge in [0.1, 0.15) is 0 Å². The van der Waals surface area contributed by atoms with E-state index in [4.69, 9.17) is 10.00 Å². The van der Waals surface area contributed by atoms with Gasteiger partial charge in [-0.15, -0.1) is 0 Å². The van der Waals surface area contributed by atoms with E-state index in [9.17, 15) is 4.57 Å². The van der Waals surface area contributed by atoms with Gasteiger partial charge in [0, 0.05) is 6.66 Å². The Bertz CT molecular complexity index is 139. The molecule has 0 heterocycles. The van der Waals surface area contributed by atoms with Gasteiger partial charge in [-0.2, -0.15) is 0 Å². The third-order valence-electron chi connectivity index (χ3n) is 1.04. The molecule has 0 aromatic carbocycles. The second kappa shape index (κ2) is 3.49. The standard InChI is InChI=1S/C5H13O4P/c1-4(6)5(2)9-10(3,7)8/h4-6H,1-3H3,(H,7,8). The van der Waals surface area contributed by atoms with Crippen molar-refractivity contribution in [1.82, 2.24) is 0 Å². The first kappa shape index (κ1) is 10.1. The summed E-state index contributed by atoms with van der Waals surface area (Å²) in [5.74, 6) is 0. The summed E-state index contributed by atoms with van der Waals surface area (Å²) in [4.78, 5) is 8.66. The van der Waals surface area contributed by atoms with Crippen molar-refractivity contribution in [3.8, 4) is 0 Å². The number of aliphatic hydroxyl groups is 1. The van der Waals surface area contributed by atoms with Gasteiger partial charge in [0.05, 0.1) is 12.2 Å². The Hall–Kier alpha value is 0.110. The van der Waals surface area contributed by atoms with Crippen LogP contribution in [-0.2, 0) is 9.09 Å². The van der Waals surface area contributed by atoms with Crippen molar-refractivity contribution >= 4 is 7.60 Å². The fourth-order valence-electron chi connectivity index (χ4n) is 0.397. The van der Waals surface area contributed by atoms with Crippen molar-refractivity contribution in [3.05, 3.63) is 0 Å². The zero-order valence-corrected chi connectivity index (χ0v) is 7.21.